The van der Waals surface area contributed by atoms with E-state index >= 15 is 0 Å². The third-order valence-corrected chi connectivity index (χ3v) is 3.31. The van der Waals surface area contributed by atoms with Gasteiger partial charge in [-0.15, -0.1) is 0 Å². The van der Waals surface area contributed by atoms with Gasteiger partial charge in [0.2, 0.25) is 0 Å². The Balaban J connectivity index is 2.40. The molecular formula is C15H18O4. The summed E-state index contributed by atoms with van der Waals surface area (Å²) in [5, 5.41) is 9.95. The van der Waals surface area contributed by atoms with Crippen molar-refractivity contribution in [2.75, 3.05) is 7.11 Å². The van der Waals surface area contributed by atoms with Crippen molar-refractivity contribution >= 4 is 16.9 Å². The molecule has 0 aliphatic carbocycles. The fourth-order valence-corrected chi connectivity index (χ4v) is 2.19. The zero-order valence-electron chi connectivity index (χ0n) is 11.3. The molecule has 2 aromatic rings. The molecular weight excluding hydrogens is 244 g/mol. The molecule has 2 rings (SSSR count). The van der Waals surface area contributed by atoms with Crippen LogP contribution in [0.2, 0.25) is 0 Å². The zero-order valence-corrected chi connectivity index (χ0v) is 11.3. The minimum atomic E-state index is -0.809. The van der Waals surface area contributed by atoms with E-state index in [1.807, 2.05) is 38.1 Å². The number of furan rings is 1. The molecule has 0 aliphatic heterocycles. The highest BCUT2D eigenvalue weighted by atomic mass is 16.5. The summed E-state index contributed by atoms with van der Waals surface area (Å²) in [4.78, 5) is 10.9. The second kappa shape index (κ2) is 5.34. The molecule has 0 saturated heterocycles. The topological polar surface area (TPSA) is 59.7 Å². The van der Waals surface area contributed by atoms with Crippen LogP contribution in [0.3, 0.4) is 0 Å². The Labute approximate surface area is 112 Å². The predicted octanol–water partition coefficient (Wildman–Crippen LogP) is 3.66. The highest BCUT2D eigenvalue weighted by molar-refractivity contribution is 5.80. The maximum Gasteiger partial charge on any atom is 0.304 e. The first-order valence-electron chi connectivity index (χ1n) is 6.30. The summed E-state index contributed by atoms with van der Waals surface area (Å²) in [5.41, 5.74) is 0.727. The maximum atomic E-state index is 10.9. The largest absolute Gasteiger partial charge is 0.497 e. The van der Waals surface area contributed by atoms with Gasteiger partial charge in [-0.3, -0.25) is 4.79 Å². The standard InChI is InChI=1S/C15H18O4/c1-9(2)12(8-15(16)17)14-6-10-4-5-11(18-3)7-13(10)19-14/h4-7,9,12H,8H2,1-3H3,(H,16,17). The van der Waals surface area contributed by atoms with Crippen LogP contribution in [0.15, 0.2) is 28.7 Å². The number of carboxylic acids is 1. The van der Waals surface area contributed by atoms with E-state index in [9.17, 15) is 4.79 Å². The van der Waals surface area contributed by atoms with Gasteiger partial charge < -0.3 is 14.3 Å². The summed E-state index contributed by atoms with van der Waals surface area (Å²) in [6, 6.07) is 7.52. The molecule has 0 aliphatic rings. The molecule has 0 radical (unpaired) electrons. The van der Waals surface area contributed by atoms with E-state index in [0.29, 0.717) is 0 Å². The van der Waals surface area contributed by atoms with E-state index < -0.39 is 5.97 Å². The smallest absolute Gasteiger partial charge is 0.304 e. The Morgan fingerprint density at radius 2 is 2.11 bits per heavy atom. The monoisotopic (exact) mass is 262 g/mol. The number of benzene rings is 1. The van der Waals surface area contributed by atoms with Crippen LogP contribution in [0, 0.1) is 5.92 Å². The van der Waals surface area contributed by atoms with Crippen LogP contribution < -0.4 is 4.74 Å². The Bertz CT molecular complexity index is 583. The number of carbonyl (C=O) groups is 1. The molecule has 4 heteroatoms. The van der Waals surface area contributed by atoms with Gasteiger partial charge in [-0.2, -0.15) is 0 Å². The number of hydrogen-bond donors (Lipinski definition) is 1. The summed E-state index contributed by atoms with van der Waals surface area (Å²) in [6.45, 7) is 4.00. The second-order valence-corrected chi connectivity index (χ2v) is 5.00. The Kier molecular flexibility index (Phi) is 3.79. The molecule has 0 fully saturated rings. The lowest BCUT2D eigenvalue weighted by molar-refractivity contribution is -0.137. The van der Waals surface area contributed by atoms with Crippen LogP contribution in [0.25, 0.3) is 11.0 Å². The van der Waals surface area contributed by atoms with Crippen molar-refractivity contribution in [3.63, 3.8) is 0 Å². The van der Waals surface area contributed by atoms with Gasteiger partial charge in [-0.1, -0.05) is 13.8 Å². The van der Waals surface area contributed by atoms with Crippen molar-refractivity contribution < 1.29 is 19.1 Å². The van der Waals surface area contributed by atoms with Gasteiger partial charge >= 0.3 is 5.97 Å². The lowest BCUT2D eigenvalue weighted by Crippen LogP contribution is -2.11. The summed E-state index contributed by atoms with van der Waals surface area (Å²) >= 11 is 0. The van der Waals surface area contributed by atoms with Crippen molar-refractivity contribution in [3.05, 3.63) is 30.0 Å². The fourth-order valence-electron chi connectivity index (χ4n) is 2.19. The van der Waals surface area contributed by atoms with Crippen LogP contribution in [0.1, 0.15) is 31.9 Å². The fraction of sp³-hybridized carbons (Fsp3) is 0.400. The number of hydrogen-bond acceptors (Lipinski definition) is 3. The van der Waals surface area contributed by atoms with Gasteiger partial charge in [-0.05, 0) is 24.1 Å². The quantitative estimate of drug-likeness (QED) is 0.893. The molecule has 1 aromatic carbocycles. The number of carboxylic acid groups (broad SMARTS) is 1. The van der Waals surface area contributed by atoms with Gasteiger partial charge in [0.15, 0.2) is 0 Å². The van der Waals surface area contributed by atoms with Crippen LogP contribution in [-0.4, -0.2) is 18.2 Å². The number of rotatable bonds is 5. The molecule has 0 amide bonds. The minimum absolute atomic E-state index is 0.0780. The average molecular weight is 262 g/mol. The lowest BCUT2D eigenvalue weighted by atomic mass is 9.90. The molecule has 102 valence electrons. The Morgan fingerprint density at radius 3 is 2.68 bits per heavy atom. The van der Waals surface area contributed by atoms with Gasteiger partial charge in [-0.25, -0.2) is 0 Å². The molecule has 19 heavy (non-hydrogen) atoms. The van der Waals surface area contributed by atoms with Crippen LogP contribution in [0.4, 0.5) is 0 Å². The SMILES string of the molecule is COc1ccc2cc(C(CC(=O)O)C(C)C)oc2c1. The van der Waals surface area contributed by atoms with Crippen molar-refractivity contribution in [2.45, 2.75) is 26.2 Å². The number of fused-ring (bicyclic) bond motifs is 1. The first kappa shape index (κ1) is 13.5. The third kappa shape index (κ3) is 2.89. The van der Waals surface area contributed by atoms with E-state index in [1.165, 1.54) is 0 Å². The van der Waals surface area contributed by atoms with Crippen molar-refractivity contribution in [2.24, 2.45) is 5.92 Å². The molecule has 1 unspecified atom stereocenters. The van der Waals surface area contributed by atoms with E-state index in [-0.39, 0.29) is 18.3 Å². The number of methoxy groups -OCH3 is 1. The normalized spacial score (nSPS) is 12.8. The van der Waals surface area contributed by atoms with E-state index in [1.54, 1.807) is 7.11 Å². The number of ether oxygens (including phenoxy) is 1. The molecule has 4 nitrogen and oxygen atoms in total. The van der Waals surface area contributed by atoms with Gasteiger partial charge in [0, 0.05) is 17.4 Å². The minimum Gasteiger partial charge on any atom is -0.497 e. The second-order valence-electron chi connectivity index (χ2n) is 5.00. The first-order valence-corrected chi connectivity index (χ1v) is 6.30. The van der Waals surface area contributed by atoms with Gasteiger partial charge in [0.25, 0.3) is 0 Å². The molecule has 1 aromatic heterocycles. The molecule has 1 heterocycles. The van der Waals surface area contributed by atoms with Crippen molar-refractivity contribution in [3.8, 4) is 5.75 Å². The highest BCUT2D eigenvalue weighted by Crippen LogP contribution is 2.33. The lowest BCUT2D eigenvalue weighted by Gasteiger charge is -2.15. The summed E-state index contributed by atoms with van der Waals surface area (Å²) in [6.07, 6.45) is 0.0780. The predicted molar refractivity (Wildman–Crippen MR) is 72.6 cm³/mol. The third-order valence-electron chi connectivity index (χ3n) is 3.31. The highest BCUT2D eigenvalue weighted by Gasteiger charge is 2.23. The first-order chi connectivity index (χ1) is 9.01. The summed E-state index contributed by atoms with van der Waals surface area (Å²) in [7, 11) is 1.60. The molecule has 1 N–H and O–H groups in total. The average Bonchev–Trinajstić information content (AvgIpc) is 2.77. The van der Waals surface area contributed by atoms with Crippen LogP contribution in [-0.2, 0) is 4.79 Å². The van der Waals surface area contributed by atoms with E-state index in [0.717, 1.165) is 22.5 Å². The van der Waals surface area contributed by atoms with Crippen molar-refractivity contribution in [1.29, 1.82) is 0 Å². The molecule has 0 saturated carbocycles. The van der Waals surface area contributed by atoms with Gasteiger partial charge in [0.1, 0.15) is 17.1 Å². The van der Waals surface area contributed by atoms with E-state index in [4.69, 9.17) is 14.3 Å². The van der Waals surface area contributed by atoms with Crippen LogP contribution in [0.5, 0.6) is 5.75 Å². The summed E-state index contributed by atoms with van der Waals surface area (Å²) in [5.74, 6) is 0.736. The Hall–Kier alpha value is -1.97. The van der Waals surface area contributed by atoms with E-state index in [2.05, 4.69) is 0 Å². The summed E-state index contributed by atoms with van der Waals surface area (Å²) < 4.78 is 10.9. The van der Waals surface area contributed by atoms with Gasteiger partial charge in [0.05, 0.1) is 13.5 Å². The van der Waals surface area contributed by atoms with Crippen LogP contribution >= 0.6 is 0 Å². The molecule has 0 spiro atoms. The maximum absolute atomic E-state index is 10.9. The Morgan fingerprint density at radius 1 is 1.37 bits per heavy atom. The molecule has 0 bridgehead atoms. The molecule has 1 atom stereocenters. The zero-order chi connectivity index (χ0) is 14.0. The van der Waals surface area contributed by atoms with Crippen molar-refractivity contribution in [1.82, 2.24) is 0 Å². The number of aliphatic carboxylic acids is 1.